The van der Waals surface area contributed by atoms with Crippen molar-refractivity contribution in [1.82, 2.24) is 4.90 Å². The Bertz CT molecular complexity index is 398. The maximum atomic E-state index is 13.1. The number of benzene rings is 1. The smallest absolute Gasteiger partial charge is 0.317 e. The SMILES string of the molecule is COCCN(CC(=O)O)C(C)c1cccc(F)c1. The Hall–Kier alpha value is -1.46. The van der Waals surface area contributed by atoms with Crippen LogP contribution >= 0.6 is 0 Å². The van der Waals surface area contributed by atoms with E-state index in [1.54, 1.807) is 24.1 Å². The van der Waals surface area contributed by atoms with Gasteiger partial charge < -0.3 is 9.84 Å². The Morgan fingerprint density at radius 2 is 2.28 bits per heavy atom. The molecule has 100 valence electrons. The van der Waals surface area contributed by atoms with Gasteiger partial charge in [0.2, 0.25) is 0 Å². The van der Waals surface area contributed by atoms with Crippen molar-refractivity contribution in [3.63, 3.8) is 0 Å². The minimum atomic E-state index is -0.908. The van der Waals surface area contributed by atoms with Crippen molar-refractivity contribution in [3.05, 3.63) is 35.6 Å². The summed E-state index contributed by atoms with van der Waals surface area (Å²) in [5.74, 6) is -1.23. The number of aliphatic carboxylic acids is 1. The number of hydrogen-bond acceptors (Lipinski definition) is 3. The summed E-state index contributed by atoms with van der Waals surface area (Å²) in [5.41, 5.74) is 0.757. The lowest BCUT2D eigenvalue weighted by atomic mass is 10.1. The lowest BCUT2D eigenvalue weighted by Gasteiger charge is -2.27. The van der Waals surface area contributed by atoms with E-state index in [1.807, 2.05) is 6.92 Å². The molecule has 0 bridgehead atoms. The molecular weight excluding hydrogens is 237 g/mol. The predicted molar refractivity (Wildman–Crippen MR) is 65.9 cm³/mol. The number of ether oxygens (including phenoxy) is 1. The number of hydrogen-bond donors (Lipinski definition) is 1. The molecule has 0 radical (unpaired) electrons. The van der Waals surface area contributed by atoms with Crippen LogP contribution in [0.3, 0.4) is 0 Å². The van der Waals surface area contributed by atoms with Gasteiger partial charge in [-0.15, -0.1) is 0 Å². The molecule has 1 atom stereocenters. The molecule has 0 spiro atoms. The number of halogens is 1. The molecule has 0 aliphatic heterocycles. The van der Waals surface area contributed by atoms with Gasteiger partial charge in [0.25, 0.3) is 0 Å². The summed E-state index contributed by atoms with van der Waals surface area (Å²) in [6.07, 6.45) is 0. The van der Waals surface area contributed by atoms with Gasteiger partial charge >= 0.3 is 5.97 Å². The third-order valence-electron chi connectivity index (χ3n) is 2.80. The quantitative estimate of drug-likeness (QED) is 0.808. The van der Waals surface area contributed by atoms with Crippen molar-refractivity contribution >= 4 is 5.97 Å². The van der Waals surface area contributed by atoms with E-state index in [4.69, 9.17) is 9.84 Å². The normalized spacial score (nSPS) is 12.7. The van der Waals surface area contributed by atoms with Crippen LogP contribution in [0, 0.1) is 5.82 Å². The molecule has 0 aliphatic carbocycles. The molecule has 0 saturated carbocycles. The van der Waals surface area contributed by atoms with Crippen LogP contribution < -0.4 is 0 Å². The molecule has 1 rings (SSSR count). The van der Waals surface area contributed by atoms with Crippen LogP contribution in [-0.4, -0.2) is 42.8 Å². The van der Waals surface area contributed by atoms with E-state index >= 15 is 0 Å². The van der Waals surface area contributed by atoms with E-state index in [2.05, 4.69) is 0 Å². The van der Waals surface area contributed by atoms with E-state index in [0.29, 0.717) is 13.2 Å². The molecule has 0 heterocycles. The fraction of sp³-hybridized carbons (Fsp3) is 0.462. The van der Waals surface area contributed by atoms with E-state index in [-0.39, 0.29) is 18.4 Å². The minimum Gasteiger partial charge on any atom is -0.480 e. The molecule has 4 nitrogen and oxygen atoms in total. The largest absolute Gasteiger partial charge is 0.480 e. The highest BCUT2D eigenvalue weighted by Gasteiger charge is 2.18. The second kappa shape index (κ2) is 7.08. The van der Waals surface area contributed by atoms with Gasteiger partial charge in [-0.25, -0.2) is 4.39 Å². The second-order valence-electron chi connectivity index (χ2n) is 4.09. The van der Waals surface area contributed by atoms with Crippen LogP contribution in [0.1, 0.15) is 18.5 Å². The summed E-state index contributed by atoms with van der Waals surface area (Å²) in [7, 11) is 1.56. The summed E-state index contributed by atoms with van der Waals surface area (Å²) in [5, 5.41) is 8.88. The Morgan fingerprint density at radius 3 is 2.83 bits per heavy atom. The molecule has 5 heteroatoms. The highest BCUT2D eigenvalue weighted by molar-refractivity contribution is 5.69. The third-order valence-corrected chi connectivity index (χ3v) is 2.80. The molecule has 0 fully saturated rings. The number of rotatable bonds is 7. The highest BCUT2D eigenvalue weighted by atomic mass is 19.1. The number of methoxy groups -OCH3 is 1. The first-order valence-electron chi connectivity index (χ1n) is 5.75. The standard InChI is InChI=1S/C13H18FNO3/c1-10(11-4-3-5-12(14)8-11)15(6-7-18-2)9-13(16)17/h3-5,8,10H,6-7,9H2,1-2H3,(H,16,17). The van der Waals surface area contributed by atoms with Gasteiger partial charge in [0, 0.05) is 19.7 Å². The summed E-state index contributed by atoms with van der Waals surface area (Å²) in [4.78, 5) is 12.6. The lowest BCUT2D eigenvalue weighted by molar-refractivity contribution is -0.139. The van der Waals surface area contributed by atoms with Gasteiger partial charge in [0.05, 0.1) is 13.2 Å². The Labute approximate surface area is 106 Å². The number of nitrogens with zero attached hydrogens (tertiary/aromatic N) is 1. The van der Waals surface area contributed by atoms with Crippen molar-refractivity contribution in [3.8, 4) is 0 Å². The predicted octanol–water partition coefficient (Wildman–Crippen LogP) is 1.92. The Balaban J connectivity index is 2.79. The molecule has 0 aromatic heterocycles. The molecule has 0 amide bonds. The second-order valence-corrected chi connectivity index (χ2v) is 4.09. The van der Waals surface area contributed by atoms with E-state index in [1.165, 1.54) is 12.1 Å². The van der Waals surface area contributed by atoms with Crippen molar-refractivity contribution in [2.75, 3.05) is 26.8 Å². The highest BCUT2D eigenvalue weighted by Crippen LogP contribution is 2.20. The van der Waals surface area contributed by atoms with Gasteiger partial charge in [-0.2, -0.15) is 0 Å². The van der Waals surface area contributed by atoms with Crippen molar-refractivity contribution < 1.29 is 19.0 Å². The van der Waals surface area contributed by atoms with Crippen molar-refractivity contribution in [2.45, 2.75) is 13.0 Å². The monoisotopic (exact) mass is 255 g/mol. The maximum Gasteiger partial charge on any atom is 0.317 e. The fourth-order valence-electron chi connectivity index (χ4n) is 1.77. The first-order valence-corrected chi connectivity index (χ1v) is 5.75. The molecule has 1 aromatic rings. The Morgan fingerprint density at radius 1 is 1.56 bits per heavy atom. The average molecular weight is 255 g/mol. The van der Waals surface area contributed by atoms with Gasteiger partial charge in [0.1, 0.15) is 5.82 Å². The molecule has 1 N–H and O–H groups in total. The summed E-state index contributed by atoms with van der Waals surface area (Å²) < 4.78 is 18.1. The van der Waals surface area contributed by atoms with Gasteiger partial charge in [-0.1, -0.05) is 12.1 Å². The van der Waals surface area contributed by atoms with Crippen LogP contribution in [0.25, 0.3) is 0 Å². The minimum absolute atomic E-state index is 0.0962. The summed E-state index contributed by atoms with van der Waals surface area (Å²) in [6.45, 7) is 2.68. The van der Waals surface area contributed by atoms with Crippen LogP contribution in [0.4, 0.5) is 4.39 Å². The number of carboxylic acid groups (broad SMARTS) is 1. The van der Waals surface area contributed by atoms with Gasteiger partial charge in [-0.05, 0) is 24.6 Å². The van der Waals surface area contributed by atoms with Crippen LogP contribution in [-0.2, 0) is 9.53 Å². The summed E-state index contributed by atoms with van der Waals surface area (Å²) >= 11 is 0. The van der Waals surface area contributed by atoms with E-state index < -0.39 is 5.97 Å². The zero-order valence-corrected chi connectivity index (χ0v) is 10.6. The van der Waals surface area contributed by atoms with Crippen molar-refractivity contribution in [1.29, 1.82) is 0 Å². The molecule has 1 unspecified atom stereocenters. The zero-order chi connectivity index (χ0) is 13.5. The molecule has 0 aliphatic rings. The topological polar surface area (TPSA) is 49.8 Å². The Kier molecular flexibility index (Phi) is 5.74. The molecular formula is C13H18FNO3. The van der Waals surface area contributed by atoms with E-state index in [0.717, 1.165) is 5.56 Å². The summed E-state index contributed by atoms with van der Waals surface area (Å²) in [6, 6.07) is 6.03. The maximum absolute atomic E-state index is 13.1. The molecule has 18 heavy (non-hydrogen) atoms. The van der Waals surface area contributed by atoms with Crippen LogP contribution in [0.15, 0.2) is 24.3 Å². The molecule has 1 aromatic carbocycles. The van der Waals surface area contributed by atoms with Crippen molar-refractivity contribution in [2.24, 2.45) is 0 Å². The average Bonchev–Trinajstić information content (AvgIpc) is 2.33. The molecule has 0 saturated heterocycles. The number of carboxylic acids is 1. The van der Waals surface area contributed by atoms with Crippen LogP contribution in [0.2, 0.25) is 0 Å². The van der Waals surface area contributed by atoms with Gasteiger partial charge in [0.15, 0.2) is 0 Å². The first-order chi connectivity index (χ1) is 8.54. The fourth-order valence-corrected chi connectivity index (χ4v) is 1.77. The van der Waals surface area contributed by atoms with Crippen LogP contribution in [0.5, 0.6) is 0 Å². The van der Waals surface area contributed by atoms with E-state index in [9.17, 15) is 9.18 Å². The zero-order valence-electron chi connectivity index (χ0n) is 10.6. The third kappa shape index (κ3) is 4.43. The lowest BCUT2D eigenvalue weighted by Crippen LogP contribution is -2.35. The number of carbonyl (C=O) groups is 1. The van der Waals surface area contributed by atoms with Gasteiger partial charge in [-0.3, -0.25) is 9.69 Å². The first kappa shape index (κ1) is 14.6.